The first-order valence-corrected chi connectivity index (χ1v) is 9.25. The summed E-state index contributed by atoms with van der Waals surface area (Å²) in [5.74, 6) is -2.18. The average molecular weight is 428 g/mol. The second kappa shape index (κ2) is 8.86. The third kappa shape index (κ3) is 4.81. The van der Waals surface area contributed by atoms with Gasteiger partial charge in [0.15, 0.2) is 0 Å². The van der Waals surface area contributed by atoms with Crippen molar-refractivity contribution >= 4 is 11.9 Å². The van der Waals surface area contributed by atoms with Crippen molar-refractivity contribution in [3.8, 4) is 0 Å². The lowest BCUT2D eigenvalue weighted by atomic mass is 10.0. The lowest BCUT2D eigenvalue weighted by Gasteiger charge is -2.23. The molecule has 0 spiro atoms. The lowest BCUT2D eigenvalue weighted by molar-refractivity contribution is -0.138. The van der Waals surface area contributed by atoms with Crippen LogP contribution in [0, 0.1) is 5.82 Å². The van der Waals surface area contributed by atoms with Crippen LogP contribution in [-0.4, -0.2) is 55.0 Å². The number of halogens is 4. The third-order valence-electron chi connectivity index (χ3n) is 4.84. The number of hydrogen-bond acceptors (Lipinski definition) is 5. The standard InChI is InChI=1S/C20H20F4N2O4/c1-29-19(28)16-7-6-13(30-16)12-25-8-3-9-26(11-10-25)18(27)17-14(20(22,23)24)4-2-5-15(17)21/h2,4-7H,3,8-12H2,1H3. The fourth-order valence-corrected chi connectivity index (χ4v) is 3.36. The predicted molar refractivity (Wildman–Crippen MR) is 97.2 cm³/mol. The molecule has 1 fully saturated rings. The molecule has 10 heteroatoms. The minimum atomic E-state index is -4.83. The largest absolute Gasteiger partial charge is 0.463 e. The maximum atomic E-state index is 14.1. The van der Waals surface area contributed by atoms with Crippen LogP contribution in [0.15, 0.2) is 34.7 Å². The van der Waals surface area contributed by atoms with Crippen LogP contribution < -0.4 is 0 Å². The van der Waals surface area contributed by atoms with Gasteiger partial charge in [-0.3, -0.25) is 9.69 Å². The summed E-state index contributed by atoms with van der Waals surface area (Å²) in [7, 11) is 1.24. The van der Waals surface area contributed by atoms with Gasteiger partial charge in [-0.2, -0.15) is 13.2 Å². The van der Waals surface area contributed by atoms with Gasteiger partial charge in [0.05, 0.1) is 24.8 Å². The molecule has 0 N–H and O–H groups in total. The Hall–Kier alpha value is -2.88. The number of carbonyl (C=O) groups excluding carboxylic acids is 2. The molecule has 1 amide bonds. The summed E-state index contributed by atoms with van der Waals surface area (Å²) in [6.07, 6.45) is -4.34. The third-order valence-corrected chi connectivity index (χ3v) is 4.84. The average Bonchev–Trinajstić information content (AvgIpc) is 3.04. The van der Waals surface area contributed by atoms with Crippen molar-refractivity contribution in [1.29, 1.82) is 0 Å². The number of amides is 1. The Balaban J connectivity index is 1.69. The maximum Gasteiger partial charge on any atom is 0.417 e. The smallest absolute Gasteiger partial charge is 0.417 e. The number of rotatable bonds is 4. The van der Waals surface area contributed by atoms with Crippen molar-refractivity contribution in [2.75, 3.05) is 33.3 Å². The van der Waals surface area contributed by atoms with Crippen molar-refractivity contribution in [3.05, 3.63) is 58.8 Å². The van der Waals surface area contributed by atoms with Gasteiger partial charge < -0.3 is 14.1 Å². The molecule has 0 atom stereocenters. The molecule has 162 valence electrons. The molecule has 30 heavy (non-hydrogen) atoms. The van der Waals surface area contributed by atoms with Crippen LogP contribution in [0.4, 0.5) is 17.6 Å². The second-order valence-corrected chi connectivity index (χ2v) is 6.84. The van der Waals surface area contributed by atoms with E-state index >= 15 is 0 Å². The SMILES string of the molecule is COC(=O)c1ccc(CN2CCCN(C(=O)c3c(F)cccc3C(F)(F)F)CC2)o1. The first kappa shape index (κ1) is 21.8. The van der Waals surface area contributed by atoms with Crippen LogP contribution in [-0.2, 0) is 17.5 Å². The highest BCUT2D eigenvalue weighted by molar-refractivity contribution is 5.96. The minimum absolute atomic E-state index is 0.0679. The number of alkyl halides is 3. The highest BCUT2D eigenvalue weighted by atomic mass is 19.4. The summed E-state index contributed by atoms with van der Waals surface area (Å²) in [5, 5.41) is 0. The number of methoxy groups -OCH3 is 1. The van der Waals surface area contributed by atoms with Crippen LogP contribution in [0.25, 0.3) is 0 Å². The molecule has 1 aliphatic rings. The Kier molecular flexibility index (Phi) is 6.45. The molecule has 3 rings (SSSR count). The van der Waals surface area contributed by atoms with E-state index in [4.69, 9.17) is 4.42 Å². The van der Waals surface area contributed by atoms with Gasteiger partial charge in [0, 0.05) is 26.2 Å². The fourth-order valence-electron chi connectivity index (χ4n) is 3.36. The molecular weight excluding hydrogens is 408 g/mol. The topological polar surface area (TPSA) is 63.0 Å². The van der Waals surface area contributed by atoms with Crippen LogP contribution >= 0.6 is 0 Å². The van der Waals surface area contributed by atoms with Crippen molar-refractivity contribution in [2.45, 2.75) is 19.1 Å². The van der Waals surface area contributed by atoms with E-state index in [2.05, 4.69) is 4.74 Å². The monoisotopic (exact) mass is 428 g/mol. The maximum absolute atomic E-state index is 14.1. The number of hydrogen-bond donors (Lipinski definition) is 0. The van der Waals surface area contributed by atoms with Gasteiger partial charge in [-0.1, -0.05) is 6.07 Å². The van der Waals surface area contributed by atoms with Crippen LogP contribution in [0.3, 0.4) is 0 Å². The van der Waals surface area contributed by atoms with Gasteiger partial charge in [0.2, 0.25) is 5.76 Å². The van der Waals surface area contributed by atoms with E-state index in [1.54, 1.807) is 6.07 Å². The Morgan fingerprint density at radius 1 is 1.10 bits per heavy atom. The lowest BCUT2D eigenvalue weighted by Crippen LogP contribution is -2.36. The normalized spacial score (nSPS) is 15.7. The fraction of sp³-hybridized carbons (Fsp3) is 0.400. The van der Waals surface area contributed by atoms with Crippen molar-refractivity contribution < 1.29 is 36.3 Å². The molecule has 2 heterocycles. The van der Waals surface area contributed by atoms with E-state index in [-0.39, 0.29) is 18.8 Å². The predicted octanol–water partition coefficient (Wildman–Crippen LogP) is 3.57. The van der Waals surface area contributed by atoms with E-state index in [0.717, 1.165) is 12.1 Å². The van der Waals surface area contributed by atoms with E-state index in [0.29, 0.717) is 37.9 Å². The molecule has 0 unspecified atom stereocenters. The van der Waals surface area contributed by atoms with Gasteiger partial charge in [-0.25, -0.2) is 9.18 Å². The summed E-state index contributed by atoms with van der Waals surface area (Å²) >= 11 is 0. The van der Waals surface area contributed by atoms with Crippen LogP contribution in [0.1, 0.15) is 38.7 Å². The molecule has 0 aliphatic carbocycles. The zero-order chi connectivity index (χ0) is 21.9. The van der Waals surface area contributed by atoms with E-state index in [9.17, 15) is 27.2 Å². The van der Waals surface area contributed by atoms with Crippen molar-refractivity contribution in [2.24, 2.45) is 0 Å². The summed E-state index contributed by atoms with van der Waals surface area (Å²) in [6.45, 7) is 1.60. The highest BCUT2D eigenvalue weighted by Crippen LogP contribution is 2.33. The Bertz CT molecular complexity index is 926. The van der Waals surface area contributed by atoms with Crippen molar-refractivity contribution in [3.63, 3.8) is 0 Å². The zero-order valence-corrected chi connectivity index (χ0v) is 16.2. The summed E-state index contributed by atoms with van der Waals surface area (Å²) < 4.78 is 63.9. The van der Waals surface area contributed by atoms with Crippen molar-refractivity contribution in [1.82, 2.24) is 9.80 Å². The molecule has 1 aliphatic heterocycles. The molecule has 1 saturated heterocycles. The van der Waals surface area contributed by atoms with Crippen LogP contribution in [0.5, 0.6) is 0 Å². The zero-order valence-electron chi connectivity index (χ0n) is 16.2. The van der Waals surface area contributed by atoms with Gasteiger partial charge in [0.1, 0.15) is 11.6 Å². The summed E-state index contributed by atoms with van der Waals surface area (Å²) in [6, 6.07) is 5.62. The molecular formula is C20H20F4N2O4. The molecule has 0 radical (unpaired) electrons. The highest BCUT2D eigenvalue weighted by Gasteiger charge is 2.38. The Morgan fingerprint density at radius 3 is 2.57 bits per heavy atom. The number of ether oxygens (including phenoxy) is 1. The number of nitrogens with zero attached hydrogens (tertiary/aromatic N) is 2. The molecule has 0 bridgehead atoms. The first-order chi connectivity index (χ1) is 14.2. The van der Waals surface area contributed by atoms with Crippen LogP contribution in [0.2, 0.25) is 0 Å². The van der Waals surface area contributed by atoms with E-state index < -0.39 is 35.0 Å². The summed E-state index contributed by atoms with van der Waals surface area (Å²) in [5.41, 5.74) is -2.23. The Morgan fingerprint density at radius 2 is 1.87 bits per heavy atom. The molecule has 0 saturated carbocycles. The van der Waals surface area contributed by atoms with Gasteiger partial charge >= 0.3 is 12.1 Å². The Labute approximate surface area is 170 Å². The van der Waals surface area contributed by atoms with E-state index in [1.165, 1.54) is 18.1 Å². The number of carbonyl (C=O) groups is 2. The molecule has 2 aromatic rings. The molecule has 1 aromatic heterocycles. The molecule has 6 nitrogen and oxygen atoms in total. The molecule has 1 aromatic carbocycles. The quantitative estimate of drug-likeness (QED) is 0.551. The van der Waals surface area contributed by atoms with E-state index in [1.807, 2.05) is 4.90 Å². The number of benzene rings is 1. The van der Waals surface area contributed by atoms with Gasteiger partial charge in [-0.15, -0.1) is 0 Å². The first-order valence-electron chi connectivity index (χ1n) is 9.25. The summed E-state index contributed by atoms with van der Waals surface area (Å²) in [4.78, 5) is 27.4. The number of furan rings is 1. The number of esters is 1. The minimum Gasteiger partial charge on any atom is -0.463 e. The second-order valence-electron chi connectivity index (χ2n) is 6.84. The van der Waals surface area contributed by atoms with Gasteiger partial charge in [0.25, 0.3) is 5.91 Å². The van der Waals surface area contributed by atoms with Gasteiger partial charge in [-0.05, 0) is 30.7 Å².